The van der Waals surface area contributed by atoms with Crippen LogP contribution in [0.15, 0.2) is 0 Å². The van der Waals surface area contributed by atoms with Crippen LogP contribution in [-0.2, 0) is 11.1 Å². The van der Waals surface area contributed by atoms with E-state index in [4.69, 9.17) is 11.1 Å². The first-order valence-corrected chi connectivity index (χ1v) is 7.48. The molecular weight excluding hydrogens is 321 g/mol. The van der Waals surface area contributed by atoms with Crippen molar-refractivity contribution in [3.05, 3.63) is 0 Å². The van der Waals surface area contributed by atoms with Gasteiger partial charge in [-0.3, -0.25) is 0 Å². The Morgan fingerprint density at radius 1 is 0.667 bits per heavy atom. The third-order valence-corrected chi connectivity index (χ3v) is 7.16. The molecule has 0 amide bonds. The first-order chi connectivity index (χ1) is 4.24. The molecule has 0 aliphatic rings. The monoisotopic (exact) mass is 333 g/mol. The molecule has 0 heterocycles. The van der Waals surface area contributed by atoms with E-state index in [2.05, 4.69) is 0 Å². The molecule has 0 aromatic heterocycles. The fourth-order valence-electron chi connectivity index (χ4n) is 0.408. The van der Waals surface area contributed by atoms with Gasteiger partial charge in [-0.05, 0) is 0 Å². The summed E-state index contributed by atoms with van der Waals surface area (Å²) in [6.45, 7) is 0. The molecule has 0 spiro atoms. The van der Waals surface area contributed by atoms with Gasteiger partial charge in [0.2, 0.25) is 0 Å². The summed E-state index contributed by atoms with van der Waals surface area (Å²) in [5.74, 6) is 0. The van der Waals surface area contributed by atoms with Crippen LogP contribution >= 0.6 is 0 Å². The van der Waals surface area contributed by atoms with Crippen LogP contribution in [-0.4, -0.2) is 50.8 Å². The van der Waals surface area contributed by atoms with Crippen molar-refractivity contribution in [1.29, 1.82) is 0 Å². The maximum atomic E-state index is 4.93. The molecule has 5 heteroatoms. The molecule has 0 saturated heterocycles. The number of hydrogen-bond donors (Lipinski definition) is 0. The van der Waals surface area contributed by atoms with Gasteiger partial charge in [0.05, 0.1) is 0 Å². The maximum absolute atomic E-state index is 4.93. The van der Waals surface area contributed by atoms with Crippen molar-refractivity contribution in [2.24, 2.45) is 0 Å². The van der Waals surface area contributed by atoms with E-state index in [9.17, 15) is 0 Å². The van der Waals surface area contributed by atoms with Crippen molar-refractivity contribution in [1.82, 2.24) is 0 Å². The second kappa shape index (κ2) is 4.54. The van der Waals surface area contributed by atoms with E-state index >= 15 is 0 Å². The Balaban J connectivity index is 3.82. The van der Waals surface area contributed by atoms with Gasteiger partial charge in [0.25, 0.3) is 0 Å². The van der Waals surface area contributed by atoms with Crippen LogP contribution < -0.4 is 0 Å². The van der Waals surface area contributed by atoms with Crippen LogP contribution in [0.3, 0.4) is 0 Å². The van der Waals surface area contributed by atoms with Crippen molar-refractivity contribution >= 4 is 22.3 Å². The molecule has 0 fully saturated rings. The van der Waals surface area contributed by atoms with E-state index in [1.54, 1.807) is 0 Å². The van der Waals surface area contributed by atoms with Crippen molar-refractivity contribution in [3.63, 3.8) is 0 Å². The van der Waals surface area contributed by atoms with Gasteiger partial charge in [-0.25, -0.2) is 0 Å². The summed E-state index contributed by atoms with van der Waals surface area (Å²) in [4.78, 5) is 0. The molecule has 0 unspecified atom stereocenters. The van der Waals surface area contributed by atoms with Gasteiger partial charge < -0.3 is 0 Å². The Morgan fingerprint density at radius 2 is 0.889 bits per heavy atom. The molecule has 0 rings (SSSR count). The van der Waals surface area contributed by atoms with Crippen LogP contribution in [0, 0.1) is 0 Å². The summed E-state index contributed by atoms with van der Waals surface area (Å²) in [6, 6.07) is 0. The molecule has 0 aliphatic heterocycles. The van der Waals surface area contributed by atoms with Crippen molar-refractivity contribution in [3.8, 4) is 0 Å². The molecule has 0 N–H and O–H groups in total. The van der Waals surface area contributed by atoms with Crippen molar-refractivity contribution in [2.75, 3.05) is 28.4 Å². The van der Waals surface area contributed by atoms with Crippen molar-refractivity contribution in [2.45, 2.75) is 0 Å². The average Bonchev–Trinajstić information content (AvgIpc) is 1.95. The summed E-state index contributed by atoms with van der Waals surface area (Å²) < 4.78 is 19.7. The van der Waals surface area contributed by atoms with E-state index in [1.165, 1.54) is 28.4 Å². The molecule has 0 saturated carbocycles. The molecule has 9 heavy (non-hydrogen) atoms. The van der Waals surface area contributed by atoms with Crippen LogP contribution in [0.2, 0.25) is 0 Å². The quantitative estimate of drug-likeness (QED) is 0.726. The zero-order valence-corrected chi connectivity index (χ0v) is 9.22. The minimum atomic E-state index is -3.37. The van der Waals surface area contributed by atoms with Crippen LogP contribution in [0.25, 0.3) is 0 Å². The van der Waals surface area contributed by atoms with Crippen LogP contribution in [0.4, 0.5) is 0 Å². The Morgan fingerprint density at radius 3 is 0.889 bits per heavy atom. The van der Waals surface area contributed by atoms with E-state index in [0.717, 1.165) is 0 Å². The molecular formula is C4H12O4Po. The van der Waals surface area contributed by atoms with E-state index in [-0.39, 0.29) is 0 Å². The van der Waals surface area contributed by atoms with Gasteiger partial charge in [0.15, 0.2) is 0 Å². The summed E-state index contributed by atoms with van der Waals surface area (Å²) in [6.07, 6.45) is 0. The third-order valence-electron chi connectivity index (χ3n) is 0.816. The third kappa shape index (κ3) is 2.44. The molecule has 0 aliphatic carbocycles. The zero-order valence-electron chi connectivity index (χ0n) is 6.04. The van der Waals surface area contributed by atoms with E-state index < -0.39 is 22.3 Å². The number of hydrogen-bond acceptors (Lipinski definition) is 4. The molecule has 58 valence electrons. The molecule has 0 atom stereocenters. The Bertz CT molecular complexity index is 55.5. The van der Waals surface area contributed by atoms with Gasteiger partial charge in [0, 0.05) is 0 Å². The first-order valence-electron chi connectivity index (χ1n) is 2.30. The van der Waals surface area contributed by atoms with Crippen molar-refractivity contribution < 1.29 is 11.1 Å². The molecule has 4 nitrogen and oxygen atoms in total. The van der Waals surface area contributed by atoms with E-state index in [0.29, 0.717) is 0 Å². The second-order valence-corrected chi connectivity index (χ2v) is 9.43. The van der Waals surface area contributed by atoms with Crippen LogP contribution in [0.1, 0.15) is 0 Å². The summed E-state index contributed by atoms with van der Waals surface area (Å²) in [5, 5.41) is 0. The predicted octanol–water partition coefficient (Wildman–Crippen LogP) is 0.00760. The Hall–Kier alpha value is 0.736. The normalized spacial score (nSPS) is 13.8. The topological polar surface area (TPSA) is 36.9 Å². The van der Waals surface area contributed by atoms with E-state index in [1.807, 2.05) is 0 Å². The molecule has 0 radical (unpaired) electrons. The van der Waals surface area contributed by atoms with Gasteiger partial charge in [-0.15, -0.1) is 0 Å². The first kappa shape index (κ1) is 9.74. The SMILES string of the molecule is C[O][Po]([O]C)([O]C)[O]C. The fraction of sp³-hybridized carbons (Fsp3) is 1.00. The predicted molar refractivity (Wildman–Crippen MR) is 33.8 cm³/mol. The van der Waals surface area contributed by atoms with Crippen LogP contribution in [0.5, 0.6) is 0 Å². The minimum absolute atomic E-state index is 1.52. The fourth-order valence-corrected chi connectivity index (χ4v) is 3.58. The summed E-state index contributed by atoms with van der Waals surface area (Å²) >= 11 is -3.37. The summed E-state index contributed by atoms with van der Waals surface area (Å²) in [7, 11) is 6.08. The van der Waals surface area contributed by atoms with Gasteiger partial charge >= 0.3 is 61.9 Å². The Labute approximate surface area is 62.1 Å². The number of rotatable bonds is 4. The van der Waals surface area contributed by atoms with Gasteiger partial charge in [-0.2, -0.15) is 0 Å². The zero-order chi connectivity index (χ0) is 7.33. The van der Waals surface area contributed by atoms with Gasteiger partial charge in [0.1, 0.15) is 0 Å². The molecule has 0 aromatic rings. The average molecular weight is 333 g/mol. The standard InChI is InChI=1S/4CH3O.Po/c4*1-2;/h4*1H3;/q4*-1;+4. The molecule has 0 bridgehead atoms. The summed E-state index contributed by atoms with van der Waals surface area (Å²) in [5.41, 5.74) is 0. The van der Waals surface area contributed by atoms with Gasteiger partial charge in [-0.1, -0.05) is 0 Å². The molecule has 0 aromatic carbocycles. The second-order valence-electron chi connectivity index (χ2n) is 1.07. The Kier molecular flexibility index (Phi) is 4.91.